The van der Waals surface area contributed by atoms with Gasteiger partial charge in [-0.25, -0.2) is 19.3 Å². The first-order chi connectivity index (χ1) is 15.0. The summed E-state index contributed by atoms with van der Waals surface area (Å²) in [4.78, 5) is 31.8. The Bertz CT molecular complexity index is 1160. The minimum absolute atomic E-state index is 0.157. The molecule has 10 nitrogen and oxygen atoms in total. The maximum Gasteiger partial charge on any atom is 0.275 e. The van der Waals surface area contributed by atoms with Crippen LogP contribution in [-0.4, -0.2) is 63.4 Å². The second kappa shape index (κ2) is 7.82. The fourth-order valence-corrected chi connectivity index (χ4v) is 3.82. The van der Waals surface area contributed by atoms with E-state index >= 15 is 0 Å². The van der Waals surface area contributed by atoms with Gasteiger partial charge >= 0.3 is 0 Å². The van der Waals surface area contributed by atoms with Gasteiger partial charge in [0.15, 0.2) is 17.4 Å². The molecule has 2 aliphatic rings. The summed E-state index contributed by atoms with van der Waals surface area (Å²) in [5.74, 6) is 0.596. The molecule has 5 rings (SSSR count). The Labute approximate surface area is 177 Å². The molecular weight excluding hydrogens is 401 g/mol. The molecule has 3 aromatic rings. The number of carbonyl (C=O) groups excluding carboxylic acids is 1. The third kappa shape index (κ3) is 3.98. The molecule has 2 aliphatic heterocycles. The molecule has 0 radical (unpaired) electrons. The molecule has 1 amide bonds. The zero-order chi connectivity index (χ0) is 21.4. The first kappa shape index (κ1) is 19.2. The number of halogens is 1. The highest BCUT2D eigenvalue weighted by molar-refractivity contribution is 6.02. The van der Waals surface area contributed by atoms with E-state index in [-0.39, 0.29) is 17.4 Å². The second-order valence-electron chi connectivity index (χ2n) is 7.64. The van der Waals surface area contributed by atoms with Crippen molar-refractivity contribution in [1.82, 2.24) is 30.0 Å². The number of guanidine groups is 1. The van der Waals surface area contributed by atoms with Crippen LogP contribution in [0.3, 0.4) is 0 Å². The number of anilines is 2. The Kier molecular flexibility index (Phi) is 4.85. The van der Waals surface area contributed by atoms with Crippen molar-refractivity contribution in [2.24, 2.45) is 4.99 Å². The molecule has 160 valence electrons. The molecule has 0 unspecified atom stereocenters. The van der Waals surface area contributed by atoms with Crippen LogP contribution in [0.15, 0.2) is 35.8 Å². The summed E-state index contributed by atoms with van der Waals surface area (Å²) in [5.41, 5.74) is 1.38. The van der Waals surface area contributed by atoms with E-state index in [0.29, 0.717) is 17.2 Å². The number of hydrogen-bond acceptors (Lipinski definition) is 8. The maximum absolute atomic E-state index is 14.2. The molecule has 0 aromatic carbocycles. The lowest BCUT2D eigenvalue weighted by molar-refractivity contribution is 0.102. The highest BCUT2D eigenvalue weighted by atomic mass is 19.1. The second-order valence-corrected chi connectivity index (χ2v) is 7.64. The number of aromatic nitrogens is 4. The summed E-state index contributed by atoms with van der Waals surface area (Å²) in [6.07, 6.45) is 7.29. The number of imidazole rings is 1. The number of rotatable bonds is 4. The van der Waals surface area contributed by atoms with E-state index < -0.39 is 11.7 Å². The van der Waals surface area contributed by atoms with E-state index in [1.807, 2.05) is 0 Å². The van der Waals surface area contributed by atoms with Crippen LogP contribution in [0.4, 0.5) is 15.9 Å². The summed E-state index contributed by atoms with van der Waals surface area (Å²) in [6, 6.07) is 1.52. The van der Waals surface area contributed by atoms with Gasteiger partial charge in [0.1, 0.15) is 11.5 Å². The molecule has 0 spiro atoms. The van der Waals surface area contributed by atoms with Gasteiger partial charge in [-0.1, -0.05) is 0 Å². The average Bonchev–Trinajstić information content (AvgIpc) is 3.50. The van der Waals surface area contributed by atoms with Crippen molar-refractivity contribution in [3.63, 3.8) is 0 Å². The summed E-state index contributed by atoms with van der Waals surface area (Å²) < 4.78 is 15.8. The molecule has 1 atom stereocenters. The quantitative estimate of drug-likeness (QED) is 0.573. The molecule has 0 aliphatic carbocycles. The Morgan fingerprint density at radius 2 is 2.19 bits per heavy atom. The number of aliphatic imine (C=N–C) groups is 1. The smallest absolute Gasteiger partial charge is 0.275 e. The van der Waals surface area contributed by atoms with Gasteiger partial charge in [0.25, 0.3) is 5.91 Å². The van der Waals surface area contributed by atoms with Crippen molar-refractivity contribution in [3.05, 3.63) is 48.1 Å². The molecule has 1 fully saturated rings. The fraction of sp³-hybridized carbons (Fsp3) is 0.350. The van der Waals surface area contributed by atoms with E-state index in [2.05, 4.69) is 40.8 Å². The van der Waals surface area contributed by atoms with Gasteiger partial charge in [0.05, 0.1) is 30.3 Å². The Morgan fingerprint density at radius 3 is 2.97 bits per heavy atom. The number of hydrogen-bond donors (Lipinski definition) is 3. The predicted octanol–water partition coefficient (Wildman–Crippen LogP) is 0.952. The van der Waals surface area contributed by atoms with Crippen LogP contribution < -0.4 is 20.9 Å². The van der Waals surface area contributed by atoms with Crippen LogP contribution in [0, 0.1) is 12.7 Å². The minimum Gasteiger partial charge on any atom is -0.355 e. The Morgan fingerprint density at radius 1 is 1.29 bits per heavy atom. The number of nitrogens with zero attached hydrogens (tertiary/aromatic N) is 6. The first-order valence-corrected chi connectivity index (χ1v) is 10.1. The van der Waals surface area contributed by atoms with E-state index in [1.165, 1.54) is 12.3 Å². The van der Waals surface area contributed by atoms with Crippen molar-refractivity contribution < 1.29 is 9.18 Å². The number of pyridine rings is 1. The SMILES string of the molecule is Cc1cn2cc(NC(=O)c3cnc(N4CC[C@@H](NC5=NCCN5)C4)cn3)cc(F)c2n1. The topological polar surface area (TPSA) is 112 Å². The number of nitrogens with one attached hydrogen (secondary N) is 3. The van der Waals surface area contributed by atoms with Crippen LogP contribution in [-0.2, 0) is 0 Å². The lowest BCUT2D eigenvalue weighted by Gasteiger charge is -2.18. The standard InChI is InChI=1S/C20H22FN9O/c1-12-9-30-11-14(6-15(21)18(30)26-12)27-19(31)16-7-25-17(8-24-16)29-5-2-13(10-29)28-20-22-3-4-23-20/h6-9,11,13H,2-5,10H2,1H3,(H,27,31)(H2,22,23,28)/t13-/m1/s1. The minimum atomic E-state index is -0.511. The molecule has 31 heavy (non-hydrogen) atoms. The van der Waals surface area contributed by atoms with E-state index in [9.17, 15) is 9.18 Å². The number of amides is 1. The maximum atomic E-state index is 14.2. The van der Waals surface area contributed by atoms with Crippen LogP contribution in [0.1, 0.15) is 22.6 Å². The molecule has 1 saturated heterocycles. The third-order valence-electron chi connectivity index (χ3n) is 5.28. The van der Waals surface area contributed by atoms with Crippen LogP contribution in [0.25, 0.3) is 5.65 Å². The normalized spacial score (nSPS) is 18.2. The molecule has 0 bridgehead atoms. The number of aryl methyl sites for hydroxylation is 1. The summed E-state index contributed by atoms with van der Waals surface area (Å²) in [6.45, 7) is 5.08. The van der Waals surface area contributed by atoms with Crippen molar-refractivity contribution in [2.45, 2.75) is 19.4 Å². The Hall–Kier alpha value is -3.76. The van der Waals surface area contributed by atoms with E-state index in [0.717, 1.165) is 38.6 Å². The van der Waals surface area contributed by atoms with Gasteiger partial charge in [0, 0.05) is 44.1 Å². The van der Waals surface area contributed by atoms with Crippen molar-refractivity contribution in [2.75, 3.05) is 36.4 Å². The Balaban J connectivity index is 1.23. The first-order valence-electron chi connectivity index (χ1n) is 10.1. The van der Waals surface area contributed by atoms with Crippen molar-refractivity contribution >= 4 is 29.0 Å². The molecule has 0 saturated carbocycles. The van der Waals surface area contributed by atoms with Crippen LogP contribution in [0.2, 0.25) is 0 Å². The molecule has 3 aromatic heterocycles. The molecule has 5 heterocycles. The summed E-state index contributed by atoms with van der Waals surface area (Å²) >= 11 is 0. The van der Waals surface area contributed by atoms with E-state index in [4.69, 9.17) is 0 Å². The van der Waals surface area contributed by atoms with Crippen molar-refractivity contribution in [3.8, 4) is 0 Å². The van der Waals surface area contributed by atoms with Gasteiger partial charge in [-0.3, -0.25) is 9.79 Å². The molecular formula is C20H22FN9O. The van der Waals surface area contributed by atoms with E-state index in [1.54, 1.807) is 29.9 Å². The van der Waals surface area contributed by atoms with Gasteiger partial charge in [0.2, 0.25) is 0 Å². The van der Waals surface area contributed by atoms with Gasteiger partial charge < -0.3 is 25.3 Å². The highest BCUT2D eigenvalue weighted by Gasteiger charge is 2.25. The number of fused-ring (bicyclic) bond motifs is 1. The van der Waals surface area contributed by atoms with Gasteiger partial charge in [-0.15, -0.1) is 0 Å². The molecule has 3 N–H and O–H groups in total. The van der Waals surface area contributed by atoms with Crippen LogP contribution >= 0.6 is 0 Å². The molecule has 11 heteroatoms. The van der Waals surface area contributed by atoms with Crippen molar-refractivity contribution in [1.29, 1.82) is 0 Å². The highest BCUT2D eigenvalue weighted by Crippen LogP contribution is 2.19. The fourth-order valence-electron chi connectivity index (χ4n) is 3.82. The van der Waals surface area contributed by atoms with Crippen LogP contribution in [0.5, 0.6) is 0 Å². The average molecular weight is 423 g/mol. The summed E-state index contributed by atoms with van der Waals surface area (Å²) in [5, 5.41) is 9.28. The monoisotopic (exact) mass is 423 g/mol. The third-order valence-corrected chi connectivity index (χ3v) is 5.28. The van der Waals surface area contributed by atoms with Gasteiger partial charge in [-0.2, -0.15) is 0 Å². The lowest BCUT2D eigenvalue weighted by Crippen LogP contribution is -2.42. The summed E-state index contributed by atoms with van der Waals surface area (Å²) in [7, 11) is 0. The predicted molar refractivity (Wildman–Crippen MR) is 114 cm³/mol. The lowest BCUT2D eigenvalue weighted by atomic mass is 10.3. The van der Waals surface area contributed by atoms with Gasteiger partial charge in [-0.05, 0) is 13.3 Å². The zero-order valence-electron chi connectivity index (χ0n) is 17.0. The zero-order valence-corrected chi connectivity index (χ0v) is 17.0. The largest absolute Gasteiger partial charge is 0.355 e. The number of carbonyl (C=O) groups is 1.